The summed E-state index contributed by atoms with van der Waals surface area (Å²) in [6, 6.07) is 0. The fourth-order valence-electron chi connectivity index (χ4n) is 1.97. The Morgan fingerprint density at radius 2 is 0.880 bits per heavy atom. The van der Waals surface area contributed by atoms with Crippen LogP contribution in [0.5, 0.6) is 0 Å². The third-order valence-corrected chi connectivity index (χ3v) is 4.07. The average Bonchev–Trinajstić information content (AvgIpc) is 2.63. The Hall–Kier alpha value is -0.280. The predicted octanol–water partition coefficient (Wildman–Crippen LogP) is 0.123. The van der Waals surface area contributed by atoms with E-state index >= 15 is 0 Å². The van der Waals surface area contributed by atoms with Gasteiger partial charge in [-0.2, -0.15) is 0 Å². The molecule has 0 spiro atoms. The molecule has 0 heterocycles. The molecule has 0 aliphatic rings. The second-order valence-electron chi connectivity index (χ2n) is 7.09. The van der Waals surface area contributed by atoms with E-state index in [4.69, 9.17) is 31.4 Å². The van der Waals surface area contributed by atoms with Crippen molar-refractivity contribution in [1.29, 1.82) is 0 Å². The van der Waals surface area contributed by atoms with Crippen molar-refractivity contribution < 1.29 is 14.2 Å². The molecule has 0 aliphatic heterocycles. The topological polar surface area (TPSA) is 109 Å². The van der Waals surface area contributed by atoms with Crippen LogP contribution in [0, 0.1) is 17.8 Å². The quantitative estimate of drug-likeness (QED) is 0.297. The Balaban J connectivity index is 3.99. The summed E-state index contributed by atoms with van der Waals surface area (Å²) in [4.78, 5) is 2.31. The summed E-state index contributed by atoms with van der Waals surface area (Å²) in [6.07, 6.45) is 0. The second-order valence-corrected chi connectivity index (χ2v) is 7.09. The monoisotopic (exact) mass is 362 g/mol. The van der Waals surface area contributed by atoms with E-state index < -0.39 is 0 Å². The molecule has 0 amide bonds. The van der Waals surface area contributed by atoms with Crippen molar-refractivity contribution in [3.63, 3.8) is 0 Å². The van der Waals surface area contributed by atoms with E-state index in [0.29, 0.717) is 77.0 Å². The molecule has 0 aromatic heterocycles. The molecule has 0 saturated carbocycles. The summed E-state index contributed by atoms with van der Waals surface area (Å²) in [7, 11) is 0. The molecule has 0 rings (SSSR count). The molecule has 0 bridgehead atoms. The van der Waals surface area contributed by atoms with Gasteiger partial charge in [-0.25, -0.2) is 0 Å². The zero-order valence-corrected chi connectivity index (χ0v) is 16.6. The minimum atomic E-state index is 0.399. The van der Waals surface area contributed by atoms with Gasteiger partial charge < -0.3 is 31.4 Å². The summed E-state index contributed by atoms with van der Waals surface area (Å²) < 4.78 is 17.1. The van der Waals surface area contributed by atoms with E-state index in [0.717, 1.165) is 19.6 Å². The van der Waals surface area contributed by atoms with Gasteiger partial charge in [0.05, 0.1) is 39.6 Å². The first-order valence-corrected chi connectivity index (χ1v) is 9.59. The van der Waals surface area contributed by atoms with Crippen LogP contribution in [-0.2, 0) is 14.2 Å². The summed E-state index contributed by atoms with van der Waals surface area (Å²) in [6.45, 7) is 15.1. The van der Waals surface area contributed by atoms with E-state index in [1.54, 1.807) is 0 Å². The third-order valence-electron chi connectivity index (χ3n) is 4.07. The van der Waals surface area contributed by atoms with Gasteiger partial charge in [0.1, 0.15) is 0 Å². The average molecular weight is 363 g/mol. The van der Waals surface area contributed by atoms with E-state index in [2.05, 4.69) is 25.7 Å². The molecular formula is C18H42N4O3. The minimum Gasteiger partial charge on any atom is -0.380 e. The molecule has 0 aliphatic carbocycles. The molecule has 152 valence electrons. The van der Waals surface area contributed by atoms with Crippen LogP contribution in [0.25, 0.3) is 0 Å². The molecule has 25 heavy (non-hydrogen) atoms. The van der Waals surface area contributed by atoms with Crippen molar-refractivity contribution in [3.05, 3.63) is 0 Å². The van der Waals surface area contributed by atoms with Crippen LogP contribution in [-0.4, -0.2) is 83.8 Å². The van der Waals surface area contributed by atoms with Crippen LogP contribution >= 0.6 is 0 Å². The Bertz CT molecular complexity index is 242. The van der Waals surface area contributed by atoms with E-state index in [-0.39, 0.29) is 0 Å². The van der Waals surface area contributed by atoms with Gasteiger partial charge in [-0.3, -0.25) is 4.90 Å². The maximum Gasteiger partial charge on any atom is 0.0593 e. The Morgan fingerprint density at radius 3 is 1.12 bits per heavy atom. The highest BCUT2D eigenvalue weighted by molar-refractivity contribution is 4.59. The van der Waals surface area contributed by atoms with Gasteiger partial charge in [0.2, 0.25) is 0 Å². The first-order chi connectivity index (χ1) is 12.0. The third kappa shape index (κ3) is 15.7. The van der Waals surface area contributed by atoms with Crippen LogP contribution in [0.1, 0.15) is 20.8 Å². The van der Waals surface area contributed by atoms with E-state index in [1.807, 2.05) is 0 Å². The van der Waals surface area contributed by atoms with Crippen LogP contribution in [0.2, 0.25) is 0 Å². The van der Waals surface area contributed by atoms with Gasteiger partial charge in [-0.1, -0.05) is 20.8 Å². The molecule has 0 saturated heterocycles. The van der Waals surface area contributed by atoms with Gasteiger partial charge in [0.15, 0.2) is 0 Å². The van der Waals surface area contributed by atoms with E-state index in [1.165, 1.54) is 0 Å². The van der Waals surface area contributed by atoms with Crippen molar-refractivity contribution in [2.24, 2.45) is 35.0 Å². The molecule has 3 unspecified atom stereocenters. The van der Waals surface area contributed by atoms with Crippen LogP contribution in [0.4, 0.5) is 0 Å². The van der Waals surface area contributed by atoms with Gasteiger partial charge in [-0.15, -0.1) is 0 Å². The largest absolute Gasteiger partial charge is 0.380 e. The van der Waals surface area contributed by atoms with Gasteiger partial charge in [-0.05, 0) is 37.4 Å². The van der Waals surface area contributed by atoms with Gasteiger partial charge >= 0.3 is 0 Å². The van der Waals surface area contributed by atoms with Crippen LogP contribution < -0.4 is 17.2 Å². The number of nitrogens with zero attached hydrogens (tertiary/aromatic N) is 1. The number of nitrogens with two attached hydrogens (primary N) is 3. The normalized spacial score (nSPS) is 15.5. The Labute approximate surface area is 154 Å². The molecule has 0 aromatic carbocycles. The molecule has 3 atom stereocenters. The maximum absolute atomic E-state index is 5.70. The summed E-state index contributed by atoms with van der Waals surface area (Å²) in [5.74, 6) is 1.20. The lowest BCUT2D eigenvalue weighted by Gasteiger charge is -2.23. The lowest BCUT2D eigenvalue weighted by Crippen LogP contribution is -2.35. The standard InChI is InChI=1S/C18H42N4O3/c1-16(10-19)13-23-7-4-22(5-8-24-14-17(2)11-20)6-9-25-15-18(3)12-21/h16-18H,4-15,19-21H2,1-3H3. The smallest absolute Gasteiger partial charge is 0.0593 e. The fourth-order valence-corrected chi connectivity index (χ4v) is 1.97. The van der Waals surface area contributed by atoms with Crippen molar-refractivity contribution in [2.75, 3.05) is 78.9 Å². The number of rotatable bonds is 18. The summed E-state index contributed by atoms with van der Waals surface area (Å²) in [5.41, 5.74) is 16.8. The number of hydrogen-bond donors (Lipinski definition) is 3. The molecule has 7 nitrogen and oxygen atoms in total. The second kappa shape index (κ2) is 17.1. The maximum atomic E-state index is 5.70. The predicted molar refractivity (Wildman–Crippen MR) is 104 cm³/mol. The molecule has 6 N–H and O–H groups in total. The molecule has 0 fully saturated rings. The number of ether oxygens (including phenoxy) is 3. The first-order valence-electron chi connectivity index (χ1n) is 9.59. The zero-order valence-electron chi connectivity index (χ0n) is 16.6. The summed E-state index contributed by atoms with van der Waals surface area (Å²) in [5, 5.41) is 0. The lowest BCUT2D eigenvalue weighted by atomic mass is 10.2. The minimum absolute atomic E-state index is 0.399. The van der Waals surface area contributed by atoms with Crippen LogP contribution in [0.15, 0.2) is 0 Å². The SMILES string of the molecule is CC(CN)COCCN(CCOCC(C)CN)CCOCC(C)CN. The molecular weight excluding hydrogens is 320 g/mol. The molecule has 7 heteroatoms. The van der Waals surface area contributed by atoms with Gasteiger partial charge in [0, 0.05) is 19.6 Å². The van der Waals surface area contributed by atoms with Crippen molar-refractivity contribution in [3.8, 4) is 0 Å². The highest BCUT2D eigenvalue weighted by Gasteiger charge is 2.08. The van der Waals surface area contributed by atoms with E-state index in [9.17, 15) is 0 Å². The number of hydrogen-bond acceptors (Lipinski definition) is 7. The molecule has 0 aromatic rings. The first kappa shape index (κ1) is 24.7. The van der Waals surface area contributed by atoms with Crippen molar-refractivity contribution >= 4 is 0 Å². The Morgan fingerprint density at radius 1 is 0.600 bits per heavy atom. The Kier molecular flexibility index (Phi) is 17.0. The van der Waals surface area contributed by atoms with Crippen LogP contribution in [0.3, 0.4) is 0 Å². The summed E-state index contributed by atoms with van der Waals surface area (Å²) >= 11 is 0. The highest BCUT2D eigenvalue weighted by atomic mass is 16.5. The fraction of sp³-hybridized carbons (Fsp3) is 1.00. The molecule has 0 radical (unpaired) electrons. The zero-order chi connectivity index (χ0) is 18.9. The highest BCUT2D eigenvalue weighted by Crippen LogP contribution is 1.98. The van der Waals surface area contributed by atoms with Crippen molar-refractivity contribution in [2.45, 2.75) is 20.8 Å². The van der Waals surface area contributed by atoms with Gasteiger partial charge in [0.25, 0.3) is 0 Å². The lowest BCUT2D eigenvalue weighted by molar-refractivity contribution is 0.0372. The van der Waals surface area contributed by atoms with Crippen molar-refractivity contribution in [1.82, 2.24) is 4.90 Å².